The highest BCUT2D eigenvalue weighted by Gasteiger charge is 2.10. The Morgan fingerprint density at radius 2 is 1.67 bits per heavy atom. The molecule has 0 aliphatic rings. The number of benzene rings is 1. The predicted molar refractivity (Wildman–Crippen MR) is 70.3 cm³/mol. The largest absolute Gasteiger partial charge is 0.384 e. The summed E-state index contributed by atoms with van der Waals surface area (Å²) in [5.41, 5.74) is 0. The Morgan fingerprint density at radius 1 is 1.06 bits per heavy atom. The van der Waals surface area contributed by atoms with Gasteiger partial charge in [-0.1, -0.05) is 41.9 Å². The number of aliphatic hydroxyl groups is 1. The normalized spacial score (nSPS) is 10.3. The van der Waals surface area contributed by atoms with Gasteiger partial charge in [-0.15, -0.1) is 0 Å². The maximum atomic E-state index is 11.8. The van der Waals surface area contributed by atoms with Crippen LogP contribution in [0.3, 0.4) is 0 Å². The first-order valence-electron chi connectivity index (χ1n) is 5.17. The first-order chi connectivity index (χ1) is 8.67. The van der Waals surface area contributed by atoms with Gasteiger partial charge < -0.3 is 5.11 Å². The Morgan fingerprint density at radius 3 is 2.28 bits per heavy atom. The molecule has 0 spiro atoms. The van der Waals surface area contributed by atoms with Crippen LogP contribution in [0.4, 0.5) is 0 Å². The van der Waals surface area contributed by atoms with E-state index in [0.29, 0.717) is 0 Å². The molecule has 0 radical (unpaired) electrons. The van der Waals surface area contributed by atoms with Crippen molar-refractivity contribution in [1.29, 1.82) is 0 Å². The van der Waals surface area contributed by atoms with Crippen LogP contribution < -0.4 is 0 Å². The second kappa shape index (κ2) is 7.34. The number of rotatable bonds is 2. The van der Waals surface area contributed by atoms with Crippen LogP contribution in [-0.2, 0) is 9.84 Å². The summed E-state index contributed by atoms with van der Waals surface area (Å²) in [5, 5.41) is 8.38. The molecule has 0 heterocycles. The van der Waals surface area contributed by atoms with Crippen LogP contribution in [0.5, 0.6) is 0 Å². The molecule has 0 saturated heterocycles. The van der Waals surface area contributed by atoms with Gasteiger partial charge in [0.25, 0.3) is 0 Å². The van der Waals surface area contributed by atoms with E-state index < -0.39 is 9.84 Å². The molecular formula is C14H12O3S. The Labute approximate surface area is 107 Å². The highest BCUT2D eigenvalue weighted by Crippen LogP contribution is 2.08. The molecule has 92 valence electrons. The zero-order valence-corrected chi connectivity index (χ0v) is 10.4. The summed E-state index contributed by atoms with van der Waals surface area (Å²) in [6, 6.07) is 8.18. The Balaban J connectivity index is 2.64. The van der Waals surface area contributed by atoms with Crippen molar-refractivity contribution in [1.82, 2.24) is 0 Å². The fourth-order valence-corrected chi connectivity index (χ4v) is 2.11. The van der Waals surface area contributed by atoms with Crippen molar-refractivity contribution in [2.45, 2.75) is 4.90 Å². The lowest BCUT2D eigenvalue weighted by Crippen LogP contribution is -2.04. The molecule has 1 aromatic carbocycles. The van der Waals surface area contributed by atoms with Crippen molar-refractivity contribution >= 4 is 9.84 Å². The number of sulfone groups is 1. The number of hydrogen-bond donors (Lipinski definition) is 1. The van der Waals surface area contributed by atoms with Gasteiger partial charge in [-0.2, -0.15) is 0 Å². The Bertz CT molecular complexity index is 620. The van der Waals surface area contributed by atoms with E-state index in [9.17, 15) is 8.42 Å². The van der Waals surface area contributed by atoms with E-state index in [2.05, 4.69) is 23.7 Å². The SMILES string of the molecule is O=S(=O)(CC#C/C=C\C#CCO)c1ccccc1. The van der Waals surface area contributed by atoms with Gasteiger partial charge in [-0.05, 0) is 24.3 Å². The van der Waals surface area contributed by atoms with Gasteiger partial charge in [-0.3, -0.25) is 0 Å². The maximum absolute atomic E-state index is 11.8. The topological polar surface area (TPSA) is 54.4 Å². The smallest absolute Gasteiger partial charge is 0.189 e. The van der Waals surface area contributed by atoms with E-state index in [-0.39, 0.29) is 17.3 Å². The Hall–Kier alpha value is -2.01. The fourth-order valence-electron chi connectivity index (χ4n) is 1.09. The zero-order chi connectivity index (χ0) is 13.3. The predicted octanol–water partition coefficient (Wildman–Crippen LogP) is 1.02. The lowest BCUT2D eigenvalue weighted by molar-refractivity contribution is 0.350. The summed E-state index contributed by atoms with van der Waals surface area (Å²) in [4.78, 5) is 0.267. The molecule has 0 aliphatic heterocycles. The van der Waals surface area contributed by atoms with E-state index in [1.54, 1.807) is 30.3 Å². The standard InChI is InChI=1S/C14H12O3S/c15-12-8-3-1-2-4-9-13-18(16,17)14-10-6-5-7-11-14/h1-2,5-7,10-11,15H,12-13H2/b2-1-. The molecule has 3 nitrogen and oxygen atoms in total. The van der Waals surface area contributed by atoms with E-state index >= 15 is 0 Å². The lowest BCUT2D eigenvalue weighted by Gasteiger charge is -1.98. The first kappa shape index (κ1) is 14.1. The minimum Gasteiger partial charge on any atom is -0.384 e. The van der Waals surface area contributed by atoms with Gasteiger partial charge in [0, 0.05) is 0 Å². The molecule has 0 atom stereocenters. The third-order valence-electron chi connectivity index (χ3n) is 1.90. The summed E-state index contributed by atoms with van der Waals surface area (Å²) in [5.74, 6) is 9.84. The molecule has 0 aliphatic carbocycles. The van der Waals surface area contributed by atoms with Crippen LogP contribution in [0.25, 0.3) is 0 Å². The summed E-state index contributed by atoms with van der Waals surface area (Å²) in [6.45, 7) is -0.208. The van der Waals surface area contributed by atoms with Gasteiger partial charge in [0.2, 0.25) is 0 Å². The second-order valence-corrected chi connectivity index (χ2v) is 5.20. The van der Waals surface area contributed by atoms with Crippen molar-refractivity contribution in [3.05, 3.63) is 42.5 Å². The highest BCUT2D eigenvalue weighted by molar-refractivity contribution is 7.91. The Kier molecular flexibility index (Phi) is 5.73. The number of allylic oxidation sites excluding steroid dienone is 2. The maximum Gasteiger partial charge on any atom is 0.189 e. The monoisotopic (exact) mass is 260 g/mol. The second-order valence-electron chi connectivity index (χ2n) is 3.21. The molecule has 0 amide bonds. The molecule has 4 heteroatoms. The lowest BCUT2D eigenvalue weighted by atomic mass is 10.4. The summed E-state index contributed by atoms with van der Waals surface area (Å²) in [7, 11) is -3.34. The third-order valence-corrected chi connectivity index (χ3v) is 3.41. The molecule has 0 aromatic heterocycles. The van der Waals surface area contributed by atoms with E-state index in [1.165, 1.54) is 12.2 Å². The molecule has 0 bridgehead atoms. The van der Waals surface area contributed by atoms with Crippen LogP contribution in [0.2, 0.25) is 0 Å². The first-order valence-corrected chi connectivity index (χ1v) is 6.82. The van der Waals surface area contributed by atoms with Crippen LogP contribution in [0, 0.1) is 23.7 Å². The third kappa shape index (κ3) is 4.88. The van der Waals surface area contributed by atoms with Crippen LogP contribution in [0.15, 0.2) is 47.4 Å². The molecule has 0 saturated carbocycles. The van der Waals surface area contributed by atoms with Gasteiger partial charge in [-0.25, -0.2) is 8.42 Å². The fraction of sp³-hybridized carbons (Fsp3) is 0.143. The van der Waals surface area contributed by atoms with Crippen molar-refractivity contribution in [3.8, 4) is 23.7 Å². The molecular weight excluding hydrogens is 248 g/mol. The molecule has 0 fully saturated rings. The average Bonchev–Trinajstić information content (AvgIpc) is 2.39. The zero-order valence-electron chi connectivity index (χ0n) is 9.63. The van der Waals surface area contributed by atoms with Gasteiger partial charge in [0.05, 0.1) is 4.90 Å². The minimum absolute atomic E-state index is 0.208. The summed E-state index contributed by atoms with van der Waals surface area (Å²) < 4.78 is 23.6. The highest BCUT2D eigenvalue weighted by atomic mass is 32.2. The molecule has 0 unspecified atom stereocenters. The number of aliphatic hydroxyl groups excluding tert-OH is 1. The molecule has 1 N–H and O–H groups in total. The van der Waals surface area contributed by atoms with Gasteiger partial charge >= 0.3 is 0 Å². The minimum atomic E-state index is -3.34. The van der Waals surface area contributed by atoms with E-state index in [0.717, 1.165) is 0 Å². The van der Waals surface area contributed by atoms with Crippen molar-refractivity contribution in [2.24, 2.45) is 0 Å². The quantitative estimate of drug-likeness (QED) is 0.808. The van der Waals surface area contributed by atoms with Gasteiger partial charge in [0.1, 0.15) is 12.4 Å². The summed E-state index contributed by atoms with van der Waals surface area (Å²) in [6.07, 6.45) is 2.90. The molecule has 1 aromatic rings. The van der Waals surface area contributed by atoms with Crippen LogP contribution in [0.1, 0.15) is 0 Å². The van der Waals surface area contributed by atoms with Crippen molar-refractivity contribution in [2.75, 3.05) is 12.4 Å². The van der Waals surface area contributed by atoms with Crippen LogP contribution >= 0.6 is 0 Å². The summed E-state index contributed by atoms with van der Waals surface area (Å²) >= 11 is 0. The van der Waals surface area contributed by atoms with Crippen LogP contribution in [-0.4, -0.2) is 25.9 Å². The molecule has 18 heavy (non-hydrogen) atoms. The van der Waals surface area contributed by atoms with Gasteiger partial charge in [0.15, 0.2) is 9.84 Å². The van der Waals surface area contributed by atoms with Crippen molar-refractivity contribution in [3.63, 3.8) is 0 Å². The average molecular weight is 260 g/mol. The van der Waals surface area contributed by atoms with E-state index in [1.807, 2.05) is 0 Å². The number of hydrogen-bond acceptors (Lipinski definition) is 3. The molecule has 1 rings (SSSR count). The van der Waals surface area contributed by atoms with Crippen molar-refractivity contribution < 1.29 is 13.5 Å². The van der Waals surface area contributed by atoms with E-state index in [4.69, 9.17) is 5.11 Å².